The Morgan fingerprint density at radius 1 is 0.939 bits per heavy atom. The van der Waals surface area contributed by atoms with Gasteiger partial charge in [-0.25, -0.2) is 4.79 Å². The van der Waals surface area contributed by atoms with Gasteiger partial charge in [0.15, 0.2) is 0 Å². The molecule has 3 amide bonds. The molecule has 8 heteroatoms. The number of nitrogen functional groups attached to an aromatic ring is 1. The smallest absolute Gasteiger partial charge is 0.322 e. The van der Waals surface area contributed by atoms with Crippen LogP contribution >= 0.6 is 0 Å². The second kappa shape index (κ2) is 11.6. The first-order valence-corrected chi connectivity index (χ1v) is 10.8. The van der Waals surface area contributed by atoms with E-state index in [1.807, 2.05) is 38.4 Å². The van der Waals surface area contributed by atoms with Gasteiger partial charge in [0.1, 0.15) is 0 Å². The minimum Gasteiger partial charge on any atom is -0.397 e. The number of benzene rings is 2. The maximum Gasteiger partial charge on any atom is 0.322 e. The van der Waals surface area contributed by atoms with Crippen molar-refractivity contribution < 1.29 is 9.59 Å². The van der Waals surface area contributed by atoms with Crippen molar-refractivity contribution >= 4 is 29.0 Å². The summed E-state index contributed by atoms with van der Waals surface area (Å²) in [6, 6.07) is 17.7. The normalized spacial score (nSPS) is 10.6. The highest BCUT2D eigenvalue weighted by atomic mass is 16.2. The van der Waals surface area contributed by atoms with E-state index in [1.54, 1.807) is 53.7 Å². The SMILES string of the molecule is CN(C)CCCN(Cc1ccc(C(=O)Nc2ccccc2N)cc1)C(=O)Nc1cccnc1. The third kappa shape index (κ3) is 7.33. The standard InChI is InChI=1S/C25H30N6O2/c1-30(2)15-6-16-31(25(33)28-21-7-5-14-27-17-21)18-19-10-12-20(13-11-19)24(32)29-23-9-4-3-8-22(23)26/h3-5,7-14,17H,6,15-16,18,26H2,1-2H3,(H,28,33)(H,29,32). The van der Waals surface area contributed by atoms with Crippen molar-refractivity contribution in [3.05, 3.63) is 84.2 Å². The van der Waals surface area contributed by atoms with Crippen LogP contribution in [0.4, 0.5) is 21.9 Å². The molecule has 0 aliphatic carbocycles. The second-order valence-electron chi connectivity index (χ2n) is 7.99. The Morgan fingerprint density at radius 3 is 2.36 bits per heavy atom. The van der Waals surface area contributed by atoms with Crippen LogP contribution in [0.15, 0.2) is 73.1 Å². The number of hydrogen-bond acceptors (Lipinski definition) is 5. The van der Waals surface area contributed by atoms with E-state index in [4.69, 9.17) is 5.73 Å². The second-order valence-corrected chi connectivity index (χ2v) is 7.99. The van der Waals surface area contributed by atoms with Crippen molar-refractivity contribution in [3.8, 4) is 0 Å². The van der Waals surface area contributed by atoms with Crippen LogP contribution in [0, 0.1) is 0 Å². The Morgan fingerprint density at radius 2 is 1.70 bits per heavy atom. The van der Waals surface area contributed by atoms with Gasteiger partial charge in [0.25, 0.3) is 5.91 Å². The predicted molar refractivity (Wildman–Crippen MR) is 132 cm³/mol. The molecule has 172 valence electrons. The number of nitrogens with one attached hydrogen (secondary N) is 2. The number of anilines is 3. The number of rotatable bonds is 9. The van der Waals surface area contributed by atoms with E-state index in [9.17, 15) is 9.59 Å². The first-order chi connectivity index (χ1) is 15.9. The van der Waals surface area contributed by atoms with Gasteiger partial charge >= 0.3 is 6.03 Å². The average Bonchev–Trinajstić information content (AvgIpc) is 2.80. The van der Waals surface area contributed by atoms with Gasteiger partial charge in [0, 0.05) is 24.8 Å². The summed E-state index contributed by atoms with van der Waals surface area (Å²) in [6.45, 7) is 1.89. The summed E-state index contributed by atoms with van der Waals surface area (Å²) < 4.78 is 0. The monoisotopic (exact) mass is 446 g/mol. The maximum absolute atomic E-state index is 12.9. The van der Waals surface area contributed by atoms with E-state index >= 15 is 0 Å². The Kier molecular flexibility index (Phi) is 8.37. The highest BCUT2D eigenvalue weighted by Crippen LogP contribution is 2.18. The van der Waals surface area contributed by atoms with E-state index in [-0.39, 0.29) is 11.9 Å². The van der Waals surface area contributed by atoms with Gasteiger partial charge in [-0.2, -0.15) is 0 Å². The van der Waals surface area contributed by atoms with Crippen molar-refractivity contribution in [1.82, 2.24) is 14.8 Å². The molecule has 3 rings (SSSR count). The molecule has 0 saturated carbocycles. The molecule has 4 N–H and O–H groups in total. The van der Waals surface area contributed by atoms with Gasteiger partial charge < -0.3 is 26.2 Å². The average molecular weight is 447 g/mol. The number of hydrogen-bond donors (Lipinski definition) is 3. The molecule has 1 heterocycles. The van der Waals surface area contributed by atoms with Gasteiger partial charge in [0.05, 0.1) is 23.3 Å². The molecule has 0 atom stereocenters. The number of pyridine rings is 1. The van der Waals surface area contributed by atoms with Gasteiger partial charge in [-0.15, -0.1) is 0 Å². The molecule has 0 unspecified atom stereocenters. The van der Waals surface area contributed by atoms with Crippen LogP contribution in [0.25, 0.3) is 0 Å². The lowest BCUT2D eigenvalue weighted by Crippen LogP contribution is -2.36. The lowest BCUT2D eigenvalue weighted by atomic mass is 10.1. The number of carbonyl (C=O) groups is 2. The molecule has 0 aliphatic rings. The highest BCUT2D eigenvalue weighted by Gasteiger charge is 2.15. The van der Waals surface area contributed by atoms with Gasteiger partial charge in [-0.1, -0.05) is 24.3 Å². The highest BCUT2D eigenvalue weighted by molar-refractivity contribution is 6.05. The van der Waals surface area contributed by atoms with Gasteiger partial charge in [-0.3, -0.25) is 9.78 Å². The number of carbonyl (C=O) groups excluding carboxylic acids is 2. The molecule has 2 aromatic carbocycles. The van der Waals surface area contributed by atoms with E-state index < -0.39 is 0 Å². The van der Waals surface area contributed by atoms with Crippen LogP contribution in [0.3, 0.4) is 0 Å². The number of nitrogens with zero attached hydrogens (tertiary/aromatic N) is 3. The quantitative estimate of drug-likeness (QED) is 0.433. The number of aromatic nitrogens is 1. The maximum atomic E-state index is 12.9. The summed E-state index contributed by atoms with van der Waals surface area (Å²) >= 11 is 0. The summed E-state index contributed by atoms with van der Waals surface area (Å²) in [7, 11) is 4.01. The molecule has 0 aliphatic heterocycles. The lowest BCUT2D eigenvalue weighted by Gasteiger charge is -2.24. The zero-order chi connectivity index (χ0) is 23.6. The first-order valence-electron chi connectivity index (χ1n) is 10.8. The van der Waals surface area contributed by atoms with Crippen LogP contribution in [-0.4, -0.2) is 53.9 Å². The van der Waals surface area contributed by atoms with Crippen molar-refractivity contribution in [2.24, 2.45) is 0 Å². The zero-order valence-corrected chi connectivity index (χ0v) is 19.0. The molecule has 1 aromatic heterocycles. The Balaban J connectivity index is 1.66. The minimum atomic E-state index is -0.239. The summed E-state index contributed by atoms with van der Waals surface area (Å²) in [6.07, 6.45) is 4.11. The summed E-state index contributed by atoms with van der Waals surface area (Å²) in [5.41, 5.74) is 9.08. The lowest BCUT2D eigenvalue weighted by molar-refractivity contribution is 0.102. The van der Waals surface area contributed by atoms with Crippen molar-refractivity contribution in [2.45, 2.75) is 13.0 Å². The number of para-hydroxylation sites is 2. The van der Waals surface area contributed by atoms with Crippen molar-refractivity contribution in [1.29, 1.82) is 0 Å². The van der Waals surface area contributed by atoms with Crippen LogP contribution < -0.4 is 16.4 Å². The molecule has 0 bridgehead atoms. The van der Waals surface area contributed by atoms with E-state index in [1.165, 1.54) is 0 Å². The fourth-order valence-electron chi connectivity index (χ4n) is 3.26. The van der Waals surface area contributed by atoms with E-state index in [2.05, 4.69) is 20.5 Å². The topological polar surface area (TPSA) is 104 Å². The third-order valence-corrected chi connectivity index (χ3v) is 5.03. The molecular weight excluding hydrogens is 416 g/mol. The molecule has 3 aromatic rings. The minimum absolute atomic E-state index is 0.192. The largest absolute Gasteiger partial charge is 0.397 e. The van der Waals surface area contributed by atoms with E-state index in [0.29, 0.717) is 35.7 Å². The Labute approximate surface area is 194 Å². The fourth-order valence-corrected chi connectivity index (χ4v) is 3.26. The summed E-state index contributed by atoms with van der Waals surface area (Å²) in [5, 5.41) is 5.72. The zero-order valence-electron chi connectivity index (χ0n) is 19.0. The number of urea groups is 1. The van der Waals surface area contributed by atoms with Gasteiger partial charge in [-0.05, 0) is 69.0 Å². The molecule has 0 radical (unpaired) electrons. The predicted octanol–water partition coefficient (Wildman–Crippen LogP) is 3.90. The molecule has 8 nitrogen and oxygen atoms in total. The molecular formula is C25H30N6O2. The van der Waals surface area contributed by atoms with Gasteiger partial charge in [0.2, 0.25) is 0 Å². The number of nitrogens with two attached hydrogens (primary N) is 1. The van der Waals surface area contributed by atoms with Crippen molar-refractivity contribution in [2.75, 3.05) is 43.6 Å². The van der Waals surface area contributed by atoms with Crippen LogP contribution in [0.5, 0.6) is 0 Å². The molecule has 0 saturated heterocycles. The van der Waals surface area contributed by atoms with Crippen LogP contribution in [-0.2, 0) is 6.54 Å². The first kappa shape index (κ1) is 23.7. The molecule has 33 heavy (non-hydrogen) atoms. The molecule has 0 spiro atoms. The Bertz CT molecular complexity index is 1050. The van der Waals surface area contributed by atoms with E-state index in [0.717, 1.165) is 18.5 Å². The van der Waals surface area contributed by atoms with Crippen LogP contribution in [0.2, 0.25) is 0 Å². The third-order valence-electron chi connectivity index (χ3n) is 5.03. The van der Waals surface area contributed by atoms with Crippen molar-refractivity contribution in [3.63, 3.8) is 0 Å². The summed E-state index contributed by atoms with van der Waals surface area (Å²) in [4.78, 5) is 33.4. The van der Waals surface area contributed by atoms with Crippen LogP contribution in [0.1, 0.15) is 22.3 Å². The molecule has 0 fully saturated rings. The number of amides is 3. The Hall–Kier alpha value is -3.91. The fraction of sp³-hybridized carbons (Fsp3) is 0.240. The summed E-state index contributed by atoms with van der Waals surface area (Å²) in [5.74, 6) is -0.239.